The number of unbranched alkanes of at least 4 members (excludes halogenated alkanes) is 47. The number of phosphoric ester groups is 2. The second kappa shape index (κ2) is 70.7. The van der Waals surface area contributed by atoms with E-state index in [-0.39, 0.29) is 25.7 Å². The lowest BCUT2D eigenvalue weighted by Gasteiger charge is -2.21. The fraction of sp³-hybridized carbons (Fsp3) is 0.949. The molecule has 0 spiro atoms. The highest BCUT2D eigenvalue weighted by atomic mass is 31.2. The van der Waals surface area contributed by atoms with Gasteiger partial charge in [-0.25, -0.2) is 9.13 Å². The molecule has 19 heteroatoms. The van der Waals surface area contributed by atoms with Crippen LogP contribution in [0.2, 0.25) is 0 Å². The van der Waals surface area contributed by atoms with Crippen LogP contribution in [0.1, 0.15) is 414 Å². The van der Waals surface area contributed by atoms with Gasteiger partial charge < -0.3 is 33.8 Å². The number of hydrogen-bond acceptors (Lipinski definition) is 15. The molecule has 98 heavy (non-hydrogen) atoms. The van der Waals surface area contributed by atoms with Crippen molar-refractivity contribution in [2.24, 2.45) is 11.8 Å². The Balaban J connectivity index is 5.22. The van der Waals surface area contributed by atoms with Crippen molar-refractivity contribution in [1.29, 1.82) is 0 Å². The zero-order valence-electron chi connectivity index (χ0n) is 64.1. The smallest absolute Gasteiger partial charge is 0.462 e. The van der Waals surface area contributed by atoms with Gasteiger partial charge in [-0.2, -0.15) is 0 Å². The molecule has 0 aromatic heterocycles. The van der Waals surface area contributed by atoms with E-state index in [0.717, 1.165) is 102 Å². The van der Waals surface area contributed by atoms with Gasteiger partial charge in [0, 0.05) is 25.7 Å². The number of aliphatic hydroxyl groups is 1. The molecule has 6 atom stereocenters. The van der Waals surface area contributed by atoms with Crippen LogP contribution in [0, 0.1) is 11.8 Å². The maximum absolute atomic E-state index is 13.1. The lowest BCUT2D eigenvalue weighted by molar-refractivity contribution is -0.161. The van der Waals surface area contributed by atoms with Crippen LogP contribution in [0.3, 0.4) is 0 Å². The third-order valence-electron chi connectivity index (χ3n) is 18.8. The summed E-state index contributed by atoms with van der Waals surface area (Å²) in [6, 6.07) is 0. The first kappa shape index (κ1) is 96.1. The second-order valence-corrected chi connectivity index (χ2v) is 32.1. The highest BCUT2D eigenvalue weighted by molar-refractivity contribution is 7.47. The van der Waals surface area contributed by atoms with Crippen LogP contribution in [-0.4, -0.2) is 96.7 Å². The van der Waals surface area contributed by atoms with Crippen molar-refractivity contribution >= 4 is 39.5 Å². The largest absolute Gasteiger partial charge is 0.472 e. The average molecular weight is 1440 g/mol. The molecule has 0 rings (SSSR count). The van der Waals surface area contributed by atoms with E-state index in [2.05, 4.69) is 41.5 Å². The predicted molar refractivity (Wildman–Crippen MR) is 400 cm³/mol. The molecule has 0 aliphatic carbocycles. The van der Waals surface area contributed by atoms with Gasteiger partial charge in [-0.15, -0.1) is 0 Å². The molecule has 582 valence electrons. The topological polar surface area (TPSA) is 237 Å². The number of hydrogen-bond donors (Lipinski definition) is 3. The minimum Gasteiger partial charge on any atom is -0.462 e. The molecule has 0 amide bonds. The van der Waals surface area contributed by atoms with E-state index >= 15 is 0 Å². The van der Waals surface area contributed by atoms with E-state index in [1.54, 1.807) is 0 Å². The second-order valence-electron chi connectivity index (χ2n) is 29.2. The number of carbonyl (C=O) groups excluding carboxylic acids is 4. The van der Waals surface area contributed by atoms with Crippen LogP contribution in [0.5, 0.6) is 0 Å². The first-order valence-corrected chi connectivity index (χ1v) is 44.0. The highest BCUT2D eigenvalue weighted by Crippen LogP contribution is 2.45. The van der Waals surface area contributed by atoms with Crippen LogP contribution in [0.4, 0.5) is 0 Å². The van der Waals surface area contributed by atoms with Gasteiger partial charge in [-0.1, -0.05) is 363 Å². The third kappa shape index (κ3) is 71.1. The molecule has 0 bridgehead atoms. The number of rotatable bonds is 78. The van der Waals surface area contributed by atoms with Gasteiger partial charge in [-0.05, 0) is 37.5 Å². The number of phosphoric acid groups is 2. The van der Waals surface area contributed by atoms with Gasteiger partial charge >= 0.3 is 39.5 Å². The Bertz CT molecular complexity index is 1890. The van der Waals surface area contributed by atoms with Crippen LogP contribution < -0.4 is 0 Å². The summed E-state index contributed by atoms with van der Waals surface area (Å²) in [5.41, 5.74) is 0. The molecule has 0 aromatic rings. The van der Waals surface area contributed by atoms with Crippen LogP contribution in [-0.2, 0) is 65.4 Å². The number of aliphatic hydroxyl groups excluding tert-OH is 1. The van der Waals surface area contributed by atoms with Crippen molar-refractivity contribution in [3.63, 3.8) is 0 Å². The minimum atomic E-state index is -4.96. The molecule has 3 unspecified atom stereocenters. The Morgan fingerprint density at radius 2 is 0.520 bits per heavy atom. The Kier molecular flexibility index (Phi) is 69.3. The average Bonchev–Trinajstić information content (AvgIpc) is 1.58. The van der Waals surface area contributed by atoms with Gasteiger partial charge in [0.25, 0.3) is 0 Å². The standard InChI is InChI=1S/C79H154O17P2/c1-7-10-12-14-16-18-30-39-45-51-57-63-78(83)95-74(67-89-76(81)61-55-49-43-37-19-17-15-13-11-8-2)69-93-97(85,86)91-65-73(80)66-92-98(87,88)94-70-75(68-90-77(82)62-56-50-44-38-33-28-25-24-27-32-36-42-48-54-60-72(6)9-3)96-79(84)64-58-52-46-40-34-29-23-21-20-22-26-31-35-41-47-53-59-71(4)5/h71-75,80H,7-70H2,1-6H3,(H,85,86)(H,87,88)/t72?,73-,74+,75+/m0/s1. The zero-order valence-corrected chi connectivity index (χ0v) is 65.9. The summed E-state index contributed by atoms with van der Waals surface area (Å²) in [4.78, 5) is 72.9. The number of esters is 4. The van der Waals surface area contributed by atoms with E-state index in [1.807, 2.05) is 0 Å². The predicted octanol–water partition coefficient (Wildman–Crippen LogP) is 23.5. The summed E-state index contributed by atoms with van der Waals surface area (Å²) in [6.45, 7) is 9.69. The number of ether oxygens (including phenoxy) is 4. The van der Waals surface area contributed by atoms with Crippen molar-refractivity contribution in [3.05, 3.63) is 0 Å². The van der Waals surface area contributed by atoms with Crippen LogP contribution in [0.15, 0.2) is 0 Å². The lowest BCUT2D eigenvalue weighted by Crippen LogP contribution is -2.30. The van der Waals surface area contributed by atoms with Gasteiger partial charge in [0.2, 0.25) is 0 Å². The van der Waals surface area contributed by atoms with Crippen molar-refractivity contribution in [2.45, 2.75) is 432 Å². The molecule has 0 aliphatic rings. The maximum atomic E-state index is 13.1. The number of carbonyl (C=O) groups is 4. The first-order valence-electron chi connectivity index (χ1n) is 41.0. The molecule has 0 heterocycles. The summed E-state index contributed by atoms with van der Waals surface area (Å²) >= 11 is 0. The van der Waals surface area contributed by atoms with E-state index in [1.165, 1.54) is 231 Å². The Hall–Kier alpha value is -1.94. The van der Waals surface area contributed by atoms with Crippen molar-refractivity contribution in [3.8, 4) is 0 Å². The molecule has 0 radical (unpaired) electrons. The third-order valence-corrected chi connectivity index (χ3v) is 20.7. The van der Waals surface area contributed by atoms with E-state index in [9.17, 15) is 43.2 Å². The molecular formula is C79H154O17P2. The molecule has 0 aliphatic heterocycles. The summed E-state index contributed by atoms with van der Waals surface area (Å²) in [5, 5.41) is 10.6. The Morgan fingerprint density at radius 3 is 0.776 bits per heavy atom. The zero-order chi connectivity index (χ0) is 72.1. The lowest BCUT2D eigenvalue weighted by atomic mass is 9.99. The summed E-state index contributed by atoms with van der Waals surface area (Å²) in [5.74, 6) is -0.451. The van der Waals surface area contributed by atoms with Gasteiger partial charge in [-0.3, -0.25) is 37.3 Å². The fourth-order valence-corrected chi connectivity index (χ4v) is 13.7. The minimum absolute atomic E-state index is 0.107. The van der Waals surface area contributed by atoms with Gasteiger partial charge in [0.1, 0.15) is 19.3 Å². The first-order chi connectivity index (χ1) is 47.4. The van der Waals surface area contributed by atoms with Gasteiger partial charge in [0.05, 0.1) is 26.4 Å². The quantitative estimate of drug-likeness (QED) is 0.0222. The molecule has 17 nitrogen and oxygen atoms in total. The summed E-state index contributed by atoms with van der Waals surface area (Å²) in [7, 11) is -9.91. The normalized spacial score (nSPS) is 14.2. The molecule has 0 saturated heterocycles. The maximum Gasteiger partial charge on any atom is 0.472 e. The van der Waals surface area contributed by atoms with Crippen molar-refractivity contribution in [1.82, 2.24) is 0 Å². The van der Waals surface area contributed by atoms with Crippen LogP contribution >= 0.6 is 15.6 Å². The highest BCUT2D eigenvalue weighted by Gasteiger charge is 2.30. The molecular weight excluding hydrogens is 1280 g/mol. The van der Waals surface area contributed by atoms with Crippen LogP contribution in [0.25, 0.3) is 0 Å². The molecule has 3 N–H and O–H groups in total. The van der Waals surface area contributed by atoms with Crippen molar-refractivity contribution in [2.75, 3.05) is 39.6 Å². The van der Waals surface area contributed by atoms with Gasteiger partial charge in [0.15, 0.2) is 12.2 Å². The fourth-order valence-electron chi connectivity index (χ4n) is 12.2. The summed E-state index contributed by atoms with van der Waals surface area (Å²) < 4.78 is 68.6. The molecule has 0 fully saturated rings. The monoisotopic (exact) mass is 1440 g/mol. The molecule has 0 aromatic carbocycles. The Labute approximate surface area is 600 Å². The van der Waals surface area contributed by atoms with E-state index in [4.69, 9.17) is 37.0 Å². The Morgan fingerprint density at radius 1 is 0.296 bits per heavy atom. The molecule has 0 saturated carbocycles. The summed E-state index contributed by atoms with van der Waals surface area (Å²) in [6.07, 6.45) is 59.5. The SMILES string of the molecule is CCCCCCCCCCCCCC(=O)O[C@H](COC(=O)CCCCCCCCCCCC)COP(=O)(O)OC[C@H](O)COP(=O)(O)OC[C@@H](COC(=O)CCCCCCCCCCCCCCCCC(C)CC)OC(=O)CCCCCCCCCCCCCCCCCCC(C)C. The van der Waals surface area contributed by atoms with E-state index in [0.29, 0.717) is 25.7 Å². The van der Waals surface area contributed by atoms with Crippen molar-refractivity contribution < 1.29 is 80.2 Å². The van der Waals surface area contributed by atoms with E-state index < -0.39 is 97.5 Å².